The largest absolute Gasteiger partial charge is 0.462 e. The monoisotopic (exact) mass is 369 g/mol. The van der Waals surface area contributed by atoms with Crippen LogP contribution in [0, 0.1) is 0 Å². The van der Waals surface area contributed by atoms with E-state index in [0.717, 1.165) is 27.3 Å². The van der Waals surface area contributed by atoms with Crippen molar-refractivity contribution < 1.29 is 9.53 Å². The number of esters is 1. The van der Waals surface area contributed by atoms with Crippen LogP contribution in [0.4, 0.5) is 5.69 Å². The molecule has 0 fully saturated rings. The molecule has 2 aromatic carbocycles. The molecular weight excluding hydrogens is 350 g/mol. The first-order valence-corrected chi connectivity index (χ1v) is 9.97. The van der Waals surface area contributed by atoms with Crippen LogP contribution < -0.4 is 5.73 Å². The number of benzene rings is 2. The van der Waals surface area contributed by atoms with Crippen LogP contribution in [0.3, 0.4) is 0 Å². The Bertz CT molecular complexity index is 868. The van der Waals surface area contributed by atoms with Crippen molar-refractivity contribution in [2.45, 2.75) is 11.8 Å². The molecule has 0 aliphatic carbocycles. The molecule has 0 radical (unpaired) electrons. The van der Waals surface area contributed by atoms with Crippen LogP contribution in [-0.4, -0.2) is 18.8 Å². The zero-order chi connectivity index (χ0) is 17.8. The SMILES string of the molecule is CCOC(=O)c1cc(-c2ccc(SC)cc2)c(-c2ccc(N)cc2)s1. The van der Waals surface area contributed by atoms with E-state index in [-0.39, 0.29) is 5.97 Å². The number of nitrogens with two attached hydrogens (primary N) is 1. The molecular formula is C20H19NO2S2. The maximum Gasteiger partial charge on any atom is 0.348 e. The minimum absolute atomic E-state index is 0.281. The molecule has 0 bridgehead atoms. The Morgan fingerprint density at radius 3 is 2.32 bits per heavy atom. The lowest BCUT2D eigenvalue weighted by Gasteiger charge is -2.06. The first kappa shape index (κ1) is 17.6. The lowest BCUT2D eigenvalue weighted by Crippen LogP contribution is -2.01. The number of thiophene rings is 1. The van der Waals surface area contributed by atoms with Crippen LogP contribution in [0.5, 0.6) is 0 Å². The molecule has 1 aromatic heterocycles. The summed E-state index contributed by atoms with van der Waals surface area (Å²) in [5.74, 6) is -0.281. The summed E-state index contributed by atoms with van der Waals surface area (Å²) in [5.41, 5.74) is 9.68. The Morgan fingerprint density at radius 2 is 1.72 bits per heavy atom. The van der Waals surface area contributed by atoms with E-state index < -0.39 is 0 Å². The summed E-state index contributed by atoms with van der Waals surface area (Å²) in [6.07, 6.45) is 2.05. The summed E-state index contributed by atoms with van der Waals surface area (Å²) in [6.45, 7) is 2.18. The lowest BCUT2D eigenvalue weighted by atomic mass is 10.0. The van der Waals surface area contributed by atoms with Gasteiger partial charge in [0, 0.05) is 21.0 Å². The highest BCUT2D eigenvalue weighted by Gasteiger charge is 2.18. The molecule has 0 unspecified atom stereocenters. The Kier molecular flexibility index (Phi) is 5.46. The average molecular weight is 370 g/mol. The van der Waals surface area contributed by atoms with Crippen molar-refractivity contribution in [3.8, 4) is 21.6 Å². The van der Waals surface area contributed by atoms with Crippen LogP contribution in [0.15, 0.2) is 59.5 Å². The van der Waals surface area contributed by atoms with E-state index in [1.54, 1.807) is 11.8 Å². The Morgan fingerprint density at radius 1 is 1.08 bits per heavy atom. The fourth-order valence-electron chi connectivity index (χ4n) is 2.53. The van der Waals surface area contributed by atoms with Gasteiger partial charge in [-0.3, -0.25) is 0 Å². The second-order valence-electron chi connectivity index (χ2n) is 5.42. The van der Waals surface area contributed by atoms with E-state index in [9.17, 15) is 4.79 Å². The number of ether oxygens (including phenoxy) is 1. The maximum atomic E-state index is 12.2. The molecule has 2 N–H and O–H groups in total. The molecule has 0 atom stereocenters. The zero-order valence-corrected chi connectivity index (χ0v) is 15.7. The summed E-state index contributed by atoms with van der Waals surface area (Å²) in [4.78, 5) is 15.0. The highest BCUT2D eigenvalue weighted by atomic mass is 32.2. The summed E-state index contributed by atoms with van der Waals surface area (Å²) in [6, 6.07) is 18.0. The molecule has 0 saturated carbocycles. The van der Waals surface area contributed by atoms with Crippen molar-refractivity contribution in [1.29, 1.82) is 0 Å². The number of hydrogen-bond donors (Lipinski definition) is 1. The maximum absolute atomic E-state index is 12.2. The van der Waals surface area contributed by atoms with Gasteiger partial charge in [0.05, 0.1) is 6.61 Å². The smallest absolute Gasteiger partial charge is 0.348 e. The van der Waals surface area contributed by atoms with Crippen LogP contribution in [0.25, 0.3) is 21.6 Å². The number of carbonyl (C=O) groups excluding carboxylic acids is 1. The van der Waals surface area contributed by atoms with Gasteiger partial charge in [0.2, 0.25) is 0 Å². The molecule has 0 aliphatic rings. The van der Waals surface area contributed by atoms with Gasteiger partial charge in [-0.25, -0.2) is 4.79 Å². The van der Waals surface area contributed by atoms with Crippen molar-refractivity contribution in [1.82, 2.24) is 0 Å². The van der Waals surface area contributed by atoms with E-state index >= 15 is 0 Å². The predicted octanol–water partition coefficient (Wildman–Crippen LogP) is 5.56. The van der Waals surface area contributed by atoms with E-state index in [1.807, 2.05) is 37.3 Å². The fraction of sp³-hybridized carbons (Fsp3) is 0.150. The van der Waals surface area contributed by atoms with Crippen molar-refractivity contribution >= 4 is 34.8 Å². The number of thioether (sulfide) groups is 1. The first-order chi connectivity index (χ1) is 12.1. The van der Waals surface area contributed by atoms with Crippen LogP contribution in [0.1, 0.15) is 16.6 Å². The van der Waals surface area contributed by atoms with Crippen LogP contribution in [0.2, 0.25) is 0 Å². The summed E-state index contributed by atoms with van der Waals surface area (Å²) < 4.78 is 5.17. The lowest BCUT2D eigenvalue weighted by molar-refractivity contribution is 0.0532. The van der Waals surface area contributed by atoms with Crippen LogP contribution >= 0.6 is 23.1 Å². The Balaban J connectivity index is 2.10. The minimum atomic E-state index is -0.281. The zero-order valence-electron chi connectivity index (χ0n) is 14.1. The third-order valence-electron chi connectivity index (χ3n) is 3.78. The highest BCUT2D eigenvalue weighted by Crippen LogP contribution is 2.40. The number of anilines is 1. The third-order valence-corrected chi connectivity index (χ3v) is 5.69. The second kappa shape index (κ2) is 7.76. The third kappa shape index (κ3) is 3.89. The summed E-state index contributed by atoms with van der Waals surface area (Å²) >= 11 is 3.16. The van der Waals surface area contributed by atoms with E-state index in [2.05, 4.69) is 30.5 Å². The number of carbonyl (C=O) groups is 1. The summed E-state index contributed by atoms with van der Waals surface area (Å²) in [5, 5.41) is 0. The van der Waals surface area contributed by atoms with Crippen molar-refractivity contribution in [2.24, 2.45) is 0 Å². The van der Waals surface area contributed by atoms with E-state index in [4.69, 9.17) is 10.5 Å². The van der Waals surface area contributed by atoms with Gasteiger partial charge in [-0.05, 0) is 54.6 Å². The molecule has 3 nitrogen and oxygen atoms in total. The van der Waals surface area contributed by atoms with Gasteiger partial charge in [0.25, 0.3) is 0 Å². The number of hydrogen-bond acceptors (Lipinski definition) is 5. The molecule has 128 valence electrons. The standard InChI is InChI=1S/C20H19NO2S2/c1-3-23-20(22)18-12-17(13-6-10-16(24-2)11-7-13)19(25-18)14-4-8-15(21)9-5-14/h4-12H,3,21H2,1-2H3. The normalized spacial score (nSPS) is 10.6. The van der Waals surface area contributed by atoms with Crippen molar-refractivity contribution in [2.75, 3.05) is 18.6 Å². The first-order valence-electron chi connectivity index (χ1n) is 7.93. The molecule has 3 rings (SSSR count). The molecule has 0 aliphatic heterocycles. The quantitative estimate of drug-likeness (QED) is 0.363. The van der Waals surface area contributed by atoms with E-state index in [0.29, 0.717) is 11.5 Å². The topological polar surface area (TPSA) is 52.3 Å². The van der Waals surface area contributed by atoms with Gasteiger partial charge in [0.1, 0.15) is 4.88 Å². The summed E-state index contributed by atoms with van der Waals surface area (Å²) in [7, 11) is 0. The van der Waals surface area contributed by atoms with Crippen molar-refractivity contribution in [3.63, 3.8) is 0 Å². The van der Waals surface area contributed by atoms with Gasteiger partial charge >= 0.3 is 5.97 Å². The van der Waals surface area contributed by atoms with Gasteiger partial charge < -0.3 is 10.5 Å². The molecule has 5 heteroatoms. The average Bonchev–Trinajstić information content (AvgIpc) is 3.08. The number of nitrogen functional groups attached to an aromatic ring is 1. The second-order valence-corrected chi connectivity index (χ2v) is 7.36. The van der Waals surface area contributed by atoms with E-state index in [1.165, 1.54) is 16.2 Å². The molecule has 0 spiro atoms. The fourth-order valence-corrected chi connectivity index (χ4v) is 4.02. The van der Waals surface area contributed by atoms with Crippen molar-refractivity contribution in [3.05, 3.63) is 59.5 Å². The molecule has 25 heavy (non-hydrogen) atoms. The molecule has 0 amide bonds. The highest BCUT2D eigenvalue weighted by molar-refractivity contribution is 7.98. The molecule has 0 saturated heterocycles. The predicted molar refractivity (Wildman–Crippen MR) is 107 cm³/mol. The molecule has 1 heterocycles. The van der Waals surface area contributed by atoms with Gasteiger partial charge in [-0.2, -0.15) is 0 Å². The number of rotatable bonds is 5. The van der Waals surface area contributed by atoms with Gasteiger partial charge in [0.15, 0.2) is 0 Å². The van der Waals surface area contributed by atoms with Gasteiger partial charge in [-0.15, -0.1) is 23.1 Å². The Labute approximate surface area is 155 Å². The van der Waals surface area contributed by atoms with Gasteiger partial charge in [-0.1, -0.05) is 24.3 Å². The minimum Gasteiger partial charge on any atom is -0.462 e. The molecule has 3 aromatic rings. The van der Waals surface area contributed by atoms with Crippen LogP contribution in [-0.2, 0) is 4.74 Å². The Hall–Kier alpha value is -2.24.